The monoisotopic (exact) mass is 391 g/mol. The maximum absolute atomic E-state index is 12.7. The Balaban J connectivity index is 1.66. The quantitative estimate of drug-likeness (QED) is 0.704. The summed E-state index contributed by atoms with van der Waals surface area (Å²) in [7, 11) is 2.00. The van der Waals surface area contributed by atoms with Crippen molar-refractivity contribution in [1.82, 2.24) is 4.31 Å². The van der Waals surface area contributed by atoms with Gasteiger partial charge >= 0.3 is 0 Å². The first kappa shape index (κ1) is 19.5. The summed E-state index contributed by atoms with van der Waals surface area (Å²) in [6, 6.07) is 11.2. The predicted octanol–water partition coefficient (Wildman–Crippen LogP) is 2.25. The van der Waals surface area contributed by atoms with E-state index in [4.69, 9.17) is 19.9 Å². The molecule has 0 aromatic heterocycles. The van der Waals surface area contributed by atoms with Gasteiger partial charge in [-0.2, -0.15) is 0 Å². The minimum absolute atomic E-state index is 0.564. The number of nitrogens with one attached hydrogen (secondary N) is 1. The molecule has 27 heavy (non-hydrogen) atoms. The Bertz CT molecular complexity index is 810. The fraction of sp³-hybridized carbons (Fsp3) is 0.368. The number of morpholine rings is 1. The maximum atomic E-state index is 12.7. The number of nitrogens with two attached hydrogens (primary N) is 1. The minimum atomic E-state index is -1.22. The highest BCUT2D eigenvalue weighted by Crippen LogP contribution is 2.29. The van der Waals surface area contributed by atoms with Gasteiger partial charge in [0.15, 0.2) is 11.5 Å². The smallest absolute Gasteiger partial charge is 0.161 e. The van der Waals surface area contributed by atoms with Crippen molar-refractivity contribution in [2.45, 2.75) is 11.4 Å². The van der Waals surface area contributed by atoms with Crippen LogP contribution < -0.4 is 20.5 Å². The first-order chi connectivity index (χ1) is 13.1. The number of ether oxygens (including phenoxy) is 3. The molecule has 1 heterocycles. The molecule has 1 atom stereocenters. The van der Waals surface area contributed by atoms with Crippen molar-refractivity contribution >= 4 is 22.4 Å². The van der Waals surface area contributed by atoms with E-state index in [1.165, 1.54) is 0 Å². The number of nitrogens with zero attached hydrogens (tertiary/aromatic N) is 1. The molecule has 0 saturated carbocycles. The zero-order valence-corrected chi connectivity index (χ0v) is 16.4. The summed E-state index contributed by atoms with van der Waals surface area (Å²) in [5, 5.41) is 3.31. The number of hydrogen-bond donors (Lipinski definition) is 2. The van der Waals surface area contributed by atoms with Crippen LogP contribution in [0, 0.1) is 0 Å². The highest BCUT2D eigenvalue weighted by atomic mass is 32.2. The highest BCUT2D eigenvalue weighted by Gasteiger charge is 2.19. The van der Waals surface area contributed by atoms with Crippen LogP contribution in [-0.4, -0.2) is 49.0 Å². The molecule has 1 aliphatic rings. The average Bonchev–Trinajstić information content (AvgIpc) is 2.72. The van der Waals surface area contributed by atoms with Crippen molar-refractivity contribution in [2.75, 3.05) is 51.6 Å². The molecule has 7 nitrogen and oxygen atoms in total. The van der Waals surface area contributed by atoms with Gasteiger partial charge in [-0.05, 0) is 35.9 Å². The Morgan fingerprint density at radius 1 is 1.11 bits per heavy atom. The molecule has 8 heteroatoms. The van der Waals surface area contributed by atoms with Gasteiger partial charge in [-0.25, -0.2) is 8.51 Å². The molecule has 1 saturated heterocycles. The number of methoxy groups -OCH3 is 2. The molecule has 2 aromatic rings. The Hall–Kier alpha value is -2.29. The lowest BCUT2D eigenvalue weighted by atomic mass is 10.2. The van der Waals surface area contributed by atoms with Crippen LogP contribution in [0.3, 0.4) is 0 Å². The molecule has 1 aliphatic heterocycles. The Morgan fingerprint density at radius 2 is 1.85 bits per heavy atom. The normalized spacial score (nSPS) is 15.9. The van der Waals surface area contributed by atoms with E-state index in [1.54, 1.807) is 20.3 Å². The van der Waals surface area contributed by atoms with Gasteiger partial charge in [-0.3, -0.25) is 0 Å². The van der Waals surface area contributed by atoms with Crippen molar-refractivity contribution in [1.29, 1.82) is 0 Å². The SMILES string of the molecule is COc1ccc(CNc2ccc(S(=O)N3CCOCC3)cc2N)cc1OC. The molecule has 1 unspecified atom stereocenters. The fourth-order valence-electron chi connectivity index (χ4n) is 2.86. The second-order valence-electron chi connectivity index (χ2n) is 6.08. The van der Waals surface area contributed by atoms with E-state index in [9.17, 15) is 4.21 Å². The topological polar surface area (TPSA) is 86.0 Å². The first-order valence-electron chi connectivity index (χ1n) is 8.71. The van der Waals surface area contributed by atoms with E-state index in [2.05, 4.69) is 5.32 Å². The summed E-state index contributed by atoms with van der Waals surface area (Å²) in [5.74, 6) is 1.37. The van der Waals surface area contributed by atoms with Crippen molar-refractivity contribution in [3.63, 3.8) is 0 Å². The minimum Gasteiger partial charge on any atom is -0.493 e. The van der Waals surface area contributed by atoms with Gasteiger partial charge < -0.3 is 25.3 Å². The van der Waals surface area contributed by atoms with E-state index in [1.807, 2.05) is 34.6 Å². The Morgan fingerprint density at radius 3 is 2.52 bits per heavy atom. The summed E-state index contributed by atoms with van der Waals surface area (Å²) in [4.78, 5) is 0.700. The van der Waals surface area contributed by atoms with Crippen LogP contribution in [0.15, 0.2) is 41.3 Å². The average molecular weight is 391 g/mol. The van der Waals surface area contributed by atoms with Crippen molar-refractivity contribution < 1.29 is 18.4 Å². The third-order valence-corrected chi connectivity index (χ3v) is 5.85. The first-order valence-corrected chi connectivity index (χ1v) is 9.82. The van der Waals surface area contributed by atoms with Gasteiger partial charge in [-0.1, -0.05) is 6.07 Å². The molecule has 3 rings (SSSR count). The molecular formula is C19H25N3O4S. The van der Waals surface area contributed by atoms with Crippen LogP contribution in [0.5, 0.6) is 11.5 Å². The van der Waals surface area contributed by atoms with Gasteiger partial charge in [0.05, 0.1) is 43.7 Å². The lowest BCUT2D eigenvalue weighted by Crippen LogP contribution is -2.37. The van der Waals surface area contributed by atoms with Crippen LogP contribution in [0.25, 0.3) is 0 Å². The molecule has 1 fully saturated rings. The Kier molecular flexibility index (Phi) is 6.54. The van der Waals surface area contributed by atoms with Crippen LogP contribution >= 0.6 is 0 Å². The molecule has 0 radical (unpaired) electrons. The summed E-state index contributed by atoms with van der Waals surface area (Å²) < 4.78 is 30.4. The molecule has 0 bridgehead atoms. The number of benzene rings is 2. The van der Waals surface area contributed by atoms with E-state index >= 15 is 0 Å². The zero-order valence-electron chi connectivity index (χ0n) is 15.6. The molecule has 0 aliphatic carbocycles. The second-order valence-corrected chi connectivity index (χ2v) is 7.57. The summed E-state index contributed by atoms with van der Waals surface area (Å²) in [5.41, 5.74) is 8.57. The Labute approximate surface area is 162 Å². The molecule has 0 amide bonds. The molecule has 0 spiro atoms. The van der Waals surface area contributed by atoms with Gasteiger partial charge in [-0.15, -0.1) is 0 Å². The molecule has 3 N–H and O–H groups in total. The van der Waals surface area contributed by atoms with Crippen molar-refractivity contribution in [3.8, 4) is 11.5 Å². The third kappa shape index (κ3) is 4.71. The van der Waals surface area contributed by atoms with Crippen LogP contribution in [-0.2, 0) is 22.3 Å². The number of anilines is 2. The molecule has 2 aromatic carbocycles. The lowest BCUT2D eigenvalue weighted by molar-refractivity contribution is 0.0752. The summed E-state index contributed by atoms with van der Waals surface area (Å²) in [6.07, 6.45) is 0. The zero-order chi connectivity index (χ0) is 19.2. The maximum Gasteiger partial charge on any atom is 0.161 e. The largest absolute Gasteiger partial charge is 0.493 e. The van der Waals surface area contributed by atoms with Gasteiger partial charge in [0.2, 0.25) is 0 Å². The second kappa shape index (κ2) is 9.07. The number of nitrogen functional groups attached to an aromatic ring is 1. The van der Waals surface area contributed by atoms with Crippen LogP contribution in [0.1, 0.15) is 5.56 Å². The van der Waals surface area contributed by atoms with Gasteiger partial charge in [0.1, 0.15) is 11.0 Å². The van der Waals surface area contributed by atoms with E-state index in [0.29, 0.717) is 54.9 Å². The van der Waals surface area contributed by atoms with Crippen LogP contribution in [0.4, 0.5) is 11.4 Å². The summed E-state index contributed by atoms with van der Waals surface area (Å²) >= 11 is 0. The molecule has 146 valence electrons. The van der Waals surface area contributed by atoms with Crippen molar-refractivity contribution in [3.05, 3.63) is 42.0 Å². The van der Waals surface area contributed by atoms with Gasteiger partial charge in [0, 0.05) is 19.6 Å². The van der Waals surface area contributed by atoms with Gasteiger partial charge in [0.25, 0.3) is 0 Å². The van der Waals surface area contributed by atoms with Crippen LogP contribution in [0.2, 0.25) is 0 Å². The van der Waals surface area contributed by atoms with Crippen molar-refractivity contribution in [2.24, 2.45) is 0 Å². The van der Waals surface area contributed by atoms with E-state index in [0.717, 1.165) is 11.3 Å². The number of hydrogen-bond acceptors (Lipinski definition) is 6. The summed E-state index contributed by atoms with van der Waals surface area (Å²) in [6.45, 7) is 3.10. The molecular weight excluding hydrogens is 366 g/mol. The van der Waals surface area contributed by atoms with E-state index in [-0.39, 0.29) is 0 Å². The lowest BCUT2D eigenvalue weighted by Gasteiger charge is -2.25. The standard InChI is InChI=1S/C19H25N3O4S/c1-24-18-6-3-14(11-19(18)25-2)13-21-17-5-4-15(12-16(17)20)27(23)22-7-9-26-10-8-22/h3-6,11-12,21H,7-10,13,20H2,1-2H3. The highest BCUT2D eigenvalue weighted by molar-refractivity contribution is 7.82. The third-order valence-electron chi connectivity index (χ3n) is 4.36. The predicted molar refractivity (Wildman–Crippen MR) is 107 cm³/mol. The fourth-order valence-corrected chi connectivity index (χ4v) is 4.05. The van der Waals surface area contributed by atoms with E-state index < -0.39 is 11.0 Å². The number of rotatable bonds is 7.